The molecule has 0 bridgehead atoms. The number of allylic oxidation sites excluding steroid dienone is 3. The maximum Gasteiger partial charge on any atom is 0.463 e. The van der Waals surface area contributed by atoms with E-state index in [0.717, 1.165) is 55.3 Å². The largest absolute Gasteiger partial charge is 0.463 e. The predicted octanol–water partition coefficient (Wildman–Crippen LogP) is 14.1. The van der Waals surface area contributed by atoms with Crippen molar-refractivity contribution in [1.29, 1.82) is 0 Å². The van der Waals surface area contributed by atoms with E-state index in [0.29, 0.717) is 11.6 Å². The summed E-state index contributed by atoms with van der Waals surface area (Å²) in [5, 5.41) is 1.72. The van der Waals surface area contributed by atoms with E-state index >= 15 is 0 Å². The van der Waals surface area contributed by atoms with E-state index in [1.807, 2.05) is 30.3 Å². The summed E-state index contributed by atoms with van der Waals surface area (Å²) in [6.45, 7) is 0. The molecular weight excluding hydrogens is 949 g/mol. The van der Waals surface area contributed by atoms with E-state index in [1.165, 1.54) is 41.5 Å². The summed E-state index contributed by atoms with van der Waals surface area (Å²) in [5.74, 6) is -10.8. The van der Waals surface area contributed by atoms with Crippen molar-refractivity contribution in [1.82, 2.24) is 5.32 Å². The lowest BCUT2D eigenvalue weighted by atomic mass is 9.98. The fourth-order valence-electron chi connectivity index (χ4n) is 5.38. The standard InChI is InChI=1S/C17H13F6NO.C14H13F.C8H7F5O.C8H5F5O/c18-13-8-6-12(7-9-13)14(10-11-4-2-1-3-5-11)24-15(25)16(19,20)17(21,22)23;15-14-10-8-13(9-11-14)7-6-12-4-2-1-3-5-12;2*9-5-2-1-3-6(4-5)14-8(12,13)7(10)11/h1-9,14H,10H2,(H,24,25);1-5,8-11H,6-7H2;1,3-5,7H,2H2;1-4,7H/t14-;;;/m0.../s1. The van der Waals surface area contributed by atoms with Crippen LogP contribution in [0.15, 0.2) is 157 Å². The molecule has 21 heteroatoms. The van der Waals surface area contributed by atoms with E-state index in [2.05, 4.69) is 21.6 Å². The minimum atomic E-state index is -6.00. The molecule has 4 nitrogen and oxygen atoms in total. The molecule has 0 fully saturated rings. The second-order valence-electron chi connectivity index (χ2n) is 14.1. The Balaban J connectivity index is 0.000000249. The van der Waals surface area contributed by atoms with E-state index < -0.39 is 78.4 Å². The van der Waals surface area contributed by atoms with E-state index in [9.17, 15) is 79.4 Å². The summed E-state index contributed by atoms with van der Waals surface area (Å²) in [6, 6.07) is 32.2. The van der Waals surface area contributed by atoms with Gasteiger partial charge in [-0.25, -0.2) is 17.6 Å². The molecule has 0 aromatic heterocycles. The number of ether oxygens (including phenoxy) is 2. The third-order valence-corrected chi connectivity index (χ3v) is 8.76. The van der Waals surface area contributed by atoms with E-state index in [4.69, 9.17) is 0 Å². The molecular formula is C47H38F17NO3. The van der Waals surface area contributed by atoms with Crippen molar-refractivity contribution in [2.24, 2.45) is 0 Å². The number of carbonyl (C=O) groups excluding carboxylic acids is 1. The molecule has 6 rings (SSSR count). The fraction of sp³-hybridized carbons (Fsp3) is 0.255. The molecule has 0 radical (unpaired) electrons. The number of alkyl halides is 14. The van der Waals surface area contributed by atoms with Gasteiger partial charge in [-0.15, -0.1) is 0 Å². The zero-order valence-electron chi connectivity index (χ0n) is 34.7. The van der Waals surface area contributed by atoms with Crippen molar-refractivity contribution in [3.63, 3.8) is 0 Å². The van der Waals surface area contributed by atoms with E-state index in [-0.39, 0.29) is 24.2 Å². The minimum absolute atomic E-state index is 0.0348. The first-order valence-electron chi connectivity index (χ1n) is 19.6. The Labute approximate surface area is 377 Å². The quantitative estimate of drug-likeness (QED) is 0.113. The zero-order chi connectivity index (χ0) is 50.7. The second kappa shape index (κ2) is 25.6. The van der Waals surface area contributed by atoms with Crippen LogP contribution in [-0.2, 0) is 28.8 Å². The van der Waals surface area contributed by atoms with Crippen LogP contribution in [0.3, 0.4) is 0 Å². The van der Waals surface area contributed by atoms with Gasteiger partial charge >= 0.3 is 43.1 Å². The highest BCUT2D eigenvalue weighted by Crippen LogP contribution is 2.36. The number of benzene rings is 5. The topological polar surface area (TPSA) is 47.6 Å². The maximum absolute atomic E-state index is 13.2. The Morgan fingerprint density at radius 1 is 0.588 bits per heavy atom. The molecule has 368 valence electrons. The number of nitrogens with one attached hydrogen (secondary N) is 1. The summed E-state index contributed by atoms with van der Waals surface area (Å²) >= 11 is 0. The van der Waals surface area contributed by atoms with Gasteiger partial charge in [0.05, 0.1) is 6.04 Å². The molecule has 0 spiro atoms. The Hall–Kier alpha value is -6.54. The van der Waals surface area contributed by atoms with Crippen molar-refractivity contribution in [3.8, 4) is 5.75 Å². The van der Waals surface area contributed by atoms with Crippen molar-refractivity contribution in [3.05, 3.63) is 197 Å². The number of hydrogen-bond donors (Lipinski definition) is 1. The molecule has 1 aliphatic rings. The number of rotatable bonds is 14. The SMILES string of the molecule is FC1C=C(OC(F)(F)C(F)F)C=CC1.Fc1ccc(CCc2ccccc2)cc1.Fc1cccc(OC(F)(F)C(F)F)c1.O=C(N[C@@H](Cc1ccccc1)c1ccc(F)cc1)C(F)(F)C(F)(F)F. The molecule has 0 aliphatic heterocycles. The summed E-state index contributed by atoms with van der Waals surface area (Å²) in [5.41, 5.74) is 3.31. The third-order valence-electron chi connectivity index (χ3n) is 8.76. The van der Waals surface area contributed by atoms with Crippen molar-refractivity contribution < 1.29 is 88.9 Å². The number of aryl methyl sites for hydroxylation is 2. The van der Waals surface area contributed by atoms with E-state index in [1.54, 1.807) is 35.6 Å². The smallest absolute Gasteiger partial charge is 0.429 e. The number of halogens is 17. The van der Waals surface area contributed by atoms with Crippen LogP contribution in [0.4, 0.5) is 74.6 Å². The lowest BCUT2D eigenvalue weighted by Crippen LogP contribution is -2.51. The Morgan fingerprint density at radius 2 is 1.07 bits per heavy atom. The van der Waals surface area contributed by atoms with Gasteiger partial charge in [0.2, 0.25) is 0 Å². The van der Waals surface area contributed by atoms with Gasteiger partial charge in [0.1, 0.15) is 35.1 Å². The average molecular weight is 988 g/mol. The molecule has 1 unspecified atom stereocenters. The highest BCUT2D eigenvalue weighted by molar-refractivity contribution is 5.84. The van der Waals surface area contributed by atoms with Crippen LogP contribution in [0.1, 0.15) is 34.7 Å². The molecule has 0 saturated carbocycles. The highest BCUT2D eigenvalue weighted by Gasteiger charge is 2.63. The van der Waals surface area contributed by atoms with Crippen LogP contribution < -0.4 is 10.1 Å². The van der Waals surface area contributed by atoms with Gasteiger partial charge in [-0.1, -0.05) is 97.1 Å². The van der Waals surface area contributed by atoms with Crippen molar-refractivity contribution >= 4 is 5.91 Å². The molecule has 1 amide bonds. The van der Waals surface area contributed by atoms with Crippen LogP contribution >= 0.6 is 0 Å². The maximum atomic E-state index is 13.2. The first-order valence-corrected chi connectivity index (χ1v) is 19.6. The molecule has 1 N–H and O–H groups in total. The number of hydrogen-bond acceptors (Lipinski definition) is 3. The fourth-order valence-corrected chi connectivity index (χ4v) is 5.38. The molecule has 0 heterocycles. The number of amides is 1. The van der Waals surface area contributed by atoms with Crippen molar-refractivity contribution in [2.45, 2.75) is 75.1 Å². The summed E-state index contributed by atoms with van der Waals surface area (Å²) in [4.78, 5) is 11.5. The first-order chi connectivity index (χ1) is 31.8. The van der Waals surface area contributed by atoms with Crippen LogP contribution in [0.25, 0.3) is 0 Å². The van der Waals surface area contributed by atoms with Gasteiger partial charge in [-0.05, 0) is 90.1 Å². The van der Waals surface area contributed by atoms with Crippen LogP contribution in [-0.4, -0.2) is 49.2 Å². The normalized spacial score (nSPS) is 14.2. The molecule has 2 atom stereocenters. The zero-order valence-corrected chi connectivity index (χ0v) is 34.7. The second-order valence-corrected chi connectivity index (χ2v) is 14.1. The molecule has 5 aromatic rings. The van der Waals surface area contributed by atoms with Crippen molar-refractivity contribution in [2.75, 3.05) is 0 Å². The van der Waals surface area contributed by atoms with Gasteiger partial charge < -0.3 is 14.8 Å². The van der Waals surface area contributed by atoms with Crippen LogP contribution in [0.5, 0.6) is 5.75 Å². The lowest BCUT2D eigenvalue weighted by molar-refractivity contribution is -0.280. The summed E-state index contributed by atoms with van der Waals surface area (Å²) in [6.07, 6.45) is -19.6. The molecule has 5 aromatic carbocycles. The van der Waals surface area contributed by atoms with Gasteiger partial charge in [0.15, 0.2) is 0 Å². The molecule has 1 aliphatic carbocycles. The average Bonchev–Trinajstić information content (AvgIpc) is 3.27. The third kappa shape index (κ3) is 19.0. The van der Waals surface area contributed by atoms with Gasteiger partial charge in [-0.3, -0.25) is 4.79 Å². The van der Waals surface area contributed by atoms with Crippen LogP contribution in [0, 0.1) is 17.5 Å². The first kappa shape index (κ1) is 55.8. The lowest BCUT2D eigenvalue weighted by Gasteiger charge is -2.24. The van der Waals surface area contributed by atoms with Gasteiger partial charge in [0.25, 0.3) is 0 Å². The van der Waals surface area contributed by atoms with Gasteiger partial charge in [-0.2, -0.15) is 57.1 Å². The molecule has 0 saturated heterocycles. The monoisotopic (exact) mass is 987 g/mol. The van der Waals surface area contributed by atoms with Crippen LogP contribution in [0.2, 0.25) is 0 Å². The minimum Gasteiger partial charge on any atom is -0.429 e. The van der Waals surface area contributed by atoms with Gasteiger partial charge in [0, 0.05) is 12.5 Å². The highest BCUT2D eigenvalue weighted by atomic mass is 19.4. The number of carbonyl (C=O) groups is 1. The summed E-state index contributed by atoms with van der Waals surface area (Å²) < 4.78 is 217. The Kier molecular flexibility index (Phi) is 21.0. The Bertz CT molecular complexity index is 2330. The molecule has 68 heavy (non-hydrogen) atoms. The Morgan fingerprint density at radius 3 is 1.56 bits per heavy atom. The summed E-state index contributed by atoms with van der Waals surface area (Å²) in [7, 11) is 0. The predicted molar refractivity (Wildman–Crippen MR) is 215 cm³/mol.